The zero-order valence-electron chi connectivity index (χ0n) is 11.6. The van der Waals surface area contributed by atoms with Crippen molar-refractivity contribution in [2.75, 3.05) is 25.1 Å². The number of urea groups is 1. The summed E-state index contributed by atoms with van der Waals surface area (Å²) in [6.45, 7) is 0.0950. The number of carbonyl (C=O) groups is 2. The van der Waals surface area contributed by atoms with Crippen LogP contribution in [0.25, 0.3) is 0 Å². The Balaban J connectivity index is 2.40. The molecule has 0 radical (unpaired) electrons. The van der Waals surface area contributed by atoms with E-state index < -0.39 is 27.3 Å². The first-order chi connectivity index (χ1) is 9.25. The molecule has 1 saturated carbocycles. The van der Waals surface area contributed by atoms with E-state index in [1.54, 1.807) is 0 Å². The number of hydrogen-bond acceptors (Lipinski definition) is 4. The molecule has 1 aliphatic carbocycles. The van der Waals surface area contributed by atoms with Gasteiger partial charge in [-0.1, -0.05) is 19.3 Å². The fraction of sp³-hybridized carbons (Fsp3) is 0.833. The third kappa shape index (κ3) is 5.36. The quantitative estimate of drug-likeness (QED) is 0.656. The highest BCUT2D eigenvalue weighted by Crippen LogP contribution is 2.35. The van der Waals surface area contributed by atoms with Crippen molar-refractivity contribution in [2.45, 2.75) is 32.1 Å². The Morgan fingerprint density at radius 2 is 1.75 bits per heavy atom. The van der Waals surface area contributed by atoms with Gasteiger partial charge < -0.3 is 15.7 Å². The summed E-state index contributed by atoms with van der Waals surface area (Å²) in [5, 5.41) is 14.3. The topological polar surface area (TPSA) is 113 Å². The van der Waals surface area contributed by atoms with Crippen LogP contribution < -0.4 is 10.6 Å². The molecule has 0 bridgehead atoms. The first kappa shape index (κ1) is 16.7. The molecule has 1 aliphatic rings. The van der Waals surface area contributed by atoms with Gasteiger partial charge in [0.25, 0.3) is 0 Å². The monoisotopic (exact) mass is 306 g/mol. The van der Waals surface area contributed by atoms with Gasteiger partial charge in [0.05, 0.1) is 11.2 Å². The summed E-state index contributed by atoms with van der Waals surface area (Å²) in [6.07, 6.45) is 4.94. The lowest BCUT2D eigenvalue weighted by Gasteiger charge is -2.33. The van der Waals surface area contributed by atoms with Gasteiger partial charge in [-0.3, -0.25) is 4.79 Å². The summed E-state index contributed by atoms with van der Waals surface area (Å²) >= 11 is 0. The van der Waals surface area contributed by atoms with Crippen molar-refractivity contribution < 1.29 is 23.1 Å². The van der Waals surface area contributed by atoms with Crippen molar-refractivity contribution in [2.24, 2.45) is 5.41 Å². The number of carboxylic acid groups (broad SMARTS) is 1. The molecular weight excluding hydrogens is 284 g/mol. The van der Waals surface area contributed by atoms with Gasteiger partial charge in [0, 0.05) is 19.3 Å². The lowest BCUT2D eigenvalue weighted by Crippen LogP contribution is -2.47. The molecule has 0 saturated heterocycles. The average Bonchev–Trinajstić information content (AvgIpc) is 2.36. The van der Waals surface area contributed by atoms with Crippen LogP contribution in [0.1, 0.15) is 32.1 Å². The van der Waals surface area contributed by atoms with Crippen LogP contribution in [-0.2, 0) is 14.6 Å². The van der Waals surface area contributed by atoms with Crippen molar-refractivity contribution in [1.29, 1.82) is 0 Å². The van der Waals surface area contributed by atoms with E-state index in [0.29, 0.717) is 12.8 Å². The van der Waals surface area contributed by atoms with E-state index in [1.807, 2.05) is 0 Å². The van der Waals surface area contributed by atoms with Crippen LogP contribution in [0.2, 0.25) is 0 Å². The average molecular weight is 306 g/mol. The van der Waals surface area contributed by atoms with E-state index in [2.05, 4.69) is 10.6 Å². The predicted molar refractivity (Wildman–Crippen MR) is 74.3 cm³/mol. The SMILES string of the molecule is CS(=O)(=O)CCNC(=O)NCC1(C(=O)O)CCCCC1. The van der Waals surface area contributed by atoms with Gasteiger partial charge in [-0.15, -0.1) is 0 Å². The zero-order valence-corrected chi connectivity index (χ0v) is 12.5. The van der Waals surface area contributed by atoms with Crippen LogP contribution in [0.3, 0.4) is 0 Å². The van der Waals surface area contributed by atoms with Gasteiger partial charge >= 0.3 is 12.0 Å². The van der Waals surface area contributed by atoms with E-state index in [1.165, 1.54) is 0 Å². The van der Waals surface area contributed by atoms with Crippen molar-refractivity contribution >= 4 is 21.8 Å². The number of sulfone groups is 1. The molecule has 0 aliphatic heterocycles. The van der Waals surface area contributed by atoms with Crippen LogP contribution in [0.15, 0.2) is 0 Å². The second-order valence-corrected chi connectivity index (χ2v) is 7.65. The molecule has 7 nitrogen and oxygen atoms in total. The molecule has 2 amide bonds. The second kappa shape index (κ2) is 6.92. The van der Waals surface area contributed by atoms with E-state index in [4.69, 9.17) is 0 Å². The summed E-state index contributed by atoms with van der Waals surface area (Å²) in [4.78, 5) is 22.9. The molecule has 0 aromatic heterocycles. The molecule has 116 valence electrons. The largest absolute Gasteiger partial charge is 0.481 e. The van der Waals surface area contributed by atoms with Crippen LogP contribution in [0, 0.1) is 5.41 Å². The molecule has 8 heteroatoms. The highest BCUT2D eigenvalue weighted by atomic mass is 32.2. The Hall–Kier alpha value is -1.31. The minimum Gasteiger partial charge on any atom is -0.481 e. The lowest BCUT2D eigenvalue weighted by atomic mass is 9.74. The maximum absolute atomic E-state index is 11.5. The number of nitrogens with one attached hydrogen (secondary N) is 2. The fourth-order valence-electron chi connectivity index (χ4n) is 2.36. The molecule has 0 aromatic rings. The van der Waals surface area contributed by atoms with Gasteiger partial charge in [0.15, 0.2) is 0 Å². The van der Waals surface area contributed by atoms with E-state index in [0.717, 1.165) is 25.5 Å². The Morgan fingerprint density at radius 3 is 2.25 bits per heavy atom. The normalized spacial score (nSPS) is 18.2. The fourth-order valence-corrected chi connectivity index (χ4v) is 2.83. The van der Waals surface area contributed by atoms with Gasteiger partial charge in [0.1, 0.15) is 9.84 Å². The van der Waals surface area contributed by atoms with Gasteiger partial charge in [-0.2, -0.15) is 0 Å². The Bertz CT molecular complexity index is 454. The number of hydrogen-bond donors (Lipinski definition) is 3. The third-order valence-corrected chi connectivity index (χ3v) is 4.56. The summed E-state index contributed by atoms with van der Waals surface area (Å²) in [5.41, 5.74) is -0.883. The van der Waals surface area contributed by atoms with Crippen LogP contribution >= 0.6 is 0 Å². The molecule has 1 rings (SSSR count). The zero-order chi connectivity index (χ0) is 15.2. The molecule has 20 heavy (non-hydrogen) atoms. The number of rotatable bonds is 6. The van der Waals surface area contributed by atoms with E-state index in [-0.39, 0.29) is 18.8 Å². The Labute approximate surface area is 119 Å². The van der Waals surface area contributed by atoms with Crippen molar-refractivity contribution in [3.05, 3.63) is 0 Å². The Morgan fingerprint density at radius 1 is 1.15 bits per heavy atom. The van der Waals surface area contributed by atoms with Crippen LogP contribution in [0.4, 0.5) is 4.79 Å². The highest BCUT2D eigenvalue weighted by Gasteiger charge is 2.39. The van der Waals surface area contributed by atoms with Gasteiger partial charge in [-0.25, -0.2) is 13.2 Å². The van der Waals surface area contributed by atoms with Crippen molar-refractivity contribution in [3.63, 3.8) is 0 Å². The standard InChI is InChI=1S/C12H22N2O5S/c1-20(18,19)8-7-13-11(17)14-9-12(10(15)16)5-3-2-4-6-12/h2-9H2,1H3,(H,15,16)(H2,13,14,17). The molecular formula is C12H22N2O5S. The van der Waals surface area contributed by atoms with Crippen molar-refractivity contribution in [3.8, 4) is 0 Å². The first-order valence-corrected chi connectivity index (χ1v) is 8.74. The molecule has 0 aromatic carbocycles. The van der Waals surface area contributed by atoms with Crippen LogP contribution in [0.5, 0.6) is 0 Å². The number of carbonyl (C=O) groups excluding carboxylic acids is 1. The summed E-state index contributed by atoms with van der Waals surface area (Å²) < 4.78 is 21.8. The summed E-state index contributed by atoms with van der Waals surface area (Å²) in [5.74, 6) is -1.02. The molecule has 0 spiro atoms. The maximum atomic E-state index is 11.5. The smallest absolute Gasteiger partial charge is 0.314 e. The van der Waals surface area contributed by atoms with Crippen LogP contribution in [-0.4, -0.2) is 50.6 Å². The minimum atomic E-state index is -3.12. The molecule has 0 atom stereocenters. The molecule has 1 fully saturated rings. The third-order valence-electron chi connectivity index (χ3n) is 3.61. The maximum Gasteiger partial charge on any atom is 0.314 e. The summed E-state index contributed by atoms with van der Waals surface area (Å²) in [7, 11) is -3.12. The number of carboxylic acids is 1. The van der Waals surface area contributed by atoms with Crippen molar-refractivity contribution in [1.82, 2.24) is 10.6 Å². The minimum absolute atomic E-state index is 0.0186. The molecule has 0 unspecified atom stereocenters. The number of amides is 2. The highest BCUT2D eigenvalue weighted by molar-refractivity contribution is 7.90. The lowest BCUT2D eigenvalue weighted by molar-refractivity contribution is -0.150. The van der Waals surface area contributed by atoms with Gasteiger partial charge in [0.2, 0.25) is 0 Å². The predicted octanol–water partition coefficient (Wildman–Crippen LogP) is 0.365. The van der Waals surface area contributed by atoms with E-state index >= 15 is 0 Å². The van der Waals surface area contributed by atoms with Gasteiger partial charge in [-0.05, 0) is 12.8 Å². The first-order valence-electron chi connectivity index (χ1n) is 6.68. The second-order valence-electron chi connectivity index (χ2n) is 5.39. The number of aliphatic carboxylic acids is 1. The van der Waals surface area contributed by atoms with E-state index in [9.17, 15) is 23.1 Å². The molecule has 0 heterocycles. The Kier molecular flexibility index (Phi) is 5.79. The molecule has 3 N–H and O–H groups in total. The summed E-state index contributed by atoms with van der Waals surface area (Å²) in [6, 6.07) is -0.528.